The van der Waals surface area contributed by atoms with Crippen LogP contribution in [0, 0.1) is 5.82 Å². The topological polar surface area (TPSA) is 75.6 Å². The van der Waals surface area contributed by atoms with Crippen LogP contribution >= 0.6 is 11.8 Å². The number of hydrogen-bond donors (Lipinski definition) is 2. The molecule has 19 heavy (non-hydrogen) atoms. The van der Waals surface area contributed by atoms with Crippen molar-refractivity contribution in [2.75, 3.05) is 26.0 Å². The Kier molecular flexibility index (Phi) is 6.31. The molecule has 0 aliphatic carbocycles. The molecular weight excluding hydrogens is 273 g/mol. The van der Waals surface area contributed by atoms with Gasteiger partial charge >= 0.3 is 5.97 Å². The highest BCUT2D eigenvalue weighted by atomic mass is 32.2. The molecule has 7 heteroatoms. The predicted octanol–water partition coefficient (Wildman–Crippen LogP) is 1.38. The van der Waals surface area contributed by atoms with Gasteiger partial charge in [0.15, 0.2) is 0 Å². The molecule has 1 aromatic carbocycles. The Morgan fingerprint density at radius 1 is 1.47 bits per heavy atom. The molecule has 0 aliphatic rings. The first-order valence-corrected chi connectivity index (χ1v) is 6.44. The van der Waals surface area contributed by atoms with Crippen molar-refractivity contribution >= 4 is 23.6 Å². The van der Waals surface area contributed by atoms with Crippen LogP contribution in [0.25, 0.3) is 0 Å². The smallest absolute Gasteiger partial charge is 0.338 e. The summed E-state index contributed by atoms with van der Waals surface area (Å²) in [6.07, 6.45) is 0. The summed E-state index contributed by atoms with van der Waals surface area (Å²) in [6.45, 7) is 0.843. The van der Waals surface area contributed by atoms with Crippen molar-refractivity contribution in [3.05, 3.63) is 29.6 Å². The number of carboxylic acid groups (broad SMARTS) is 1. The summed E-state index contributed by atoms with van der Waals surface area (Å²) in [7, 11) is 1.53. The molecule has 0 atom stereocenters. The zero-order chi connectivity index (χ0) is 14.3. The number of aromatic carboxylic acids is 1. The zero-order valence-corrected chi connectivity index (χ0v) is 11.1. The molecule has 0 saturated heterocycles. The lowest BCUT2D eigenvalue weighted by Crippen LogP contribution is -2.28. The van der Waals surface area contributed by atoms with Crippen LogP contribution in [0.1, 0.15) is 10.4 Å². The first kappa shape index (κ1) is 15.5. The molecule has 1 rings (SSSR count). The van der Waals surface area contributed by atoms with E-state index in [9.17, 15) is 14.0 Å². The maximum Gasteiger partial charge on any atom is 0.338 e. The van der Waals surface area contributed by atoms with Gasteiger partial charge in [-0.15, -0.1) is 11.8 Å². The van der Waals surface area contributed by atoms with Crippen molar-refractivity contribution < 1.29 is 23.8 Å². The first-order chi connectivity index (χ1) is 9.04. The van der Waals surface area contributed by atoms with Crippen LogP contribution in [0.5, 0.6) is 0 Å². The summed E-state index contributed by atoms with van der Waals surface area (Å²) >= 11 is 1.14. The number of carbonyl (C=O) groups is 2. The number of amides is 1. The lowest BCUT2D eigenvalue weighted by Gasteiger charge is -2.05. The number of carbonyl (C=O) groups excluding carboxylic acids is 1. The van der Waals surface area contributed by atoms with Crippen molar-refractivity contribution in [1.82, 2.24) is 5.32 Å². The number of rotatable bonds is 7. The summed E-state index contributed by atoms with van der Waals surface area (Å²) in [5, 5.41) is 11.4. The first-order valence-electron chi connectivity index (χ1n) is 5.46. The van der Waals surface area contributed by atoms with Gasteiger partial charge in [-0.3, -0.25) is 4.79 Å². The Bertz CT molecular complexity index is 467. The number of thioether (sulfide) groups is 1. The number of methoxy groups -OCH3 is 1. The van der Waals surface area contributed by atoms with Gasteiger partial charge in [-0.05, 0) is 18.2 Å². The Morgan fingerprint density at radius 2 is 2.21 bits per heavy atom. The number of halogens is 1. The van der Waals surface area contributed by atoms with Crippen LogP contribution in [0.15, 0.2) is 23.1 Å². The molecular formula is C12H14FNO4S. The monoisotopic (exact) mass is 287 g/mol. The highest BCUT2D eigenvalue weighted by molar-refractivity contribution is 8.00. The molecule has 0 saturated carbocycles. The second kappa shape index (κ2) is 7.75. The fourth-order valence-electron chi connectivity index (χ4n) is 1.25. The van der Waals surface area contributed by atoms with Crippen molar-refractivity contribution in [2.24, 2.45) is 0 Å². The van der Waals surface area contributed by atoms with E-state index < -0.39 is 17.3 Å². The van der Waals surface area contributed by atoms with Crippen LogP contribution < -0.4 is 5.32 Å². The van der Waals surface area contributed by atoms with Gasteiger partial charge in [0.1, 0.15) is 5.82 Å². The maximum atomic E-state index is 13.1. The molecule has 0 spiro atoms. The molecule has 2 N–H and O–H groups in total. The van der Waals surface area contributed by atoms with E-state index in [1.165, 1.54) is 19.2 Å². The van der Waals surface area contributed by atoms with Gasteiger partial charge in [0.2, 0.25) is 5.91 Å². The molecule has 0 unspecified atom stereocenters. The number of hydrogen-bond acceptors (Lipinski definition) is 4. The van der Waals surface area contributed by atoms with Crippen LogP contribution in [0.2, 0.25) is 0 Å². The normalized spacial score (nSPS) is 10.2. The number of nitrogens with one attached hydrogen (secondary N) is 1. The molecule has 0 aromatic heterocycles. The number of benzene rings is 1. The quantitative estimate of drug-likeness (QED) is 0.585. The average molecular weight is 287 g/mol. The van der Waals surface area contributed by atoms with Crippen LogP contribution in [-0.2, 0) is 9.53 Å². The second-order valence-electron chi connectivity index (χ2n) is 3.58. The van der Waals surface area contributed by atoms with Crippen molar-refractivity contribution in [3.8, 4) is 0 Å². The van der Waals surface area contributed by atoms with E-state index in [0.29, 0.717) is 18.0 Å². The third kappa shape index (κ3) is 5.27. The summed E-state index contributed by atoms with van der Waals surface area (Å²) in [5.74, 6) is -2.18. The molecule has 1 amide bonds. The maximum absolute atomic E-state index is 13.1. The molecule has 104 valence electrons. The summed E-state index contributed by atoms with van der Waals surface area (Å²) in [5.41, 5.74) is -0.398. The van der Waals surface area contributed by atoms with Crippen molar-refractivity contribution in [1.29, 1.82) is 0 Å². The number of carboxylic acids is 1. The minimum Gasteiger partial charge on any atom is -0.478 e. The van der Waals surface area contributed by atoms with Gasteiger partial charge < -0.3 is 15.2 Å². The van der Waals surface area contributed by atoms with Gasteiger partial charge in [0.25, 0.3) is 0 Å². The van der Waals surface area contributed by atoms with Gasteiger partial charge in [0.05, 0.1) is 17.9 Å². The minimum atomic E-state index is -1.33. The Morgan fingerprint density at radius 3 is 2.84 bits per heavy atom. The fourth-order valence-corrected chi connectivity index (χ4v) is 2.02. The second-order valence-corrected chi connectivity index (χ2v) is 4.63. The number of ether oxygens (including phenoxy) is 1. The summed E-state index contributed by atoms with van der Waals surface area (Å²) in [4.78, 5) is 22.7. The van der Waals surface area contributed by atoms with Gasteiger partial charge in [-0.1, -0.05) is 0 Å². The van der Waals surface area contributed by atoms with E-state index in [4.69, 9.17) is 9.84 Å². The Hall–Kier alpha value is -1.60. The SMILES string of the molecule is COCCNC(=O)CSc1ccc(F)c(C(=O)O)c1. The summed E-state index contributed by atoms with van der Waals surface area (Å²) in [6, 6.07) is 3.73. The van der Waals surface area contributed by atoms with Crippen LogP contribution in [-0.4, -0.2) is 43.0 Å². The van der Waals surface area contributed by atoms with E-state index in [-0.39, 0.29) is 11.7 Å². The largest absolute Gasteiger partial charge is 0.478 e. The van der Waals surface area contributed by atoms with E-state index in [1.54, 1.807) is 0 Å². The van der Waals surface area contributed by atoms with Crippen molar-refractivity contribution in [3.63, 3.8) is 0 Å². The minimum absolute atomic E-state index is 0.133. The van der Waals surface area contributed by atoms with Crippen molar-refractivity contribution in [2.45, 2.75) is 4.90 Å². The summed E-state index contributed by atoms with van der Waals surface area (Å²) < 4.78 is 17.9. The van der Waals surface area contributed by atoms with E-state index in [1.807, 2.05) is 0 Å². The Labute approximate surface area is 114 Å². The molecule has 0 aliphatic heterocycles. The standard InChI is InChI=1S/C12H14FNO4S/c1-18-5-4-14-11(15)7-19-8-2-3-10(13)9(6-8)12(16)17/h2-3,6H,4-5,7H2,1H3,(H,14,15)(H,16,17). The highest BCUT2D eigenvalue weighted by Gasteiger charge is 2.11. The van der Waals surface area contributed by atoms with Gasteiger partial charge in [0, 0.05) is 18.6 Å². The highest BCUT2D eigenvalue weighted by Crippen LogP contribution is 2.21. The fraction of sp³-hybridized carbons (Fsp3) is 0.333. The lowest BCUT2D eigenvalue weighted by molar-refractivity contribution is -0.118. The van der Waals surface area contributed by atoms with Gasteiger partial charge in [-0.2, -0.15) is 0 Å². The van der Waals surface area contributed by atoms with E-state index >= 15 is 0 Å². The third-order valence-electron chi connectivity index (χ3n) is 2.17. The van der Waals surface area contributed by atoms with Crippen LogP contribution in [0.3, 0.4) is 0 Å². The van der Waals surface area contributed by atoms with Gasteiger partial charge in [-0.25, -0.2) is 9.18 Å². The molecule has 0 heterocycles. The molecule has 0 fully saturated rings. The molecule has 5 nitrogen and oxygen atoms in total. The molecule has 0 bridgehead atoms. The van der Waals surface area contributed by atoms with E-state index in [2.05, 4.69) is 5.32 Å². The van der Waals surface area contributed by atoms with E-state index in [0.717, 1.165) is 17.8 Å². The van der Waals surface area contributed by atoms with Crippen LogP contribution in [0.4, 0.5) is 4.39 Å². The molecule has 1 aromatic rings. The predicted molar refractivity (Wildman–Crippen MR) is 69.0 cm³/mol. The third-order valence-corrected chi connectivity index (χ3v) is 3.16. The zero-order valence-electron chi connectivity index (χ0n) is 10.3. The average Bonchev–Trinajstić information content (AvgIpc) is 2.37. The Balaban J connectivity index is 2.51. The lowest BCUT2D eigenvalue weighted by atomic mass is 10.2. The molecule has 0 radical (unpaired) electrons.